The minimum atomic E-state index is 0.859. The predicted octanol–water partition coefficient (Wildman–Crippen LogP) is 1.82. The van der Waals surface area contributed by atoms with Crippen molar-refractivity contribution in [2.45, 2.75) is 13.3 Å². The lowest BCUT2D eigenvalue weighted by atomic mass is 10.4. The van der Waals surface area contributed by atoms with Crippen molar-refractivity contribution in [2.75, 3.05) is 0 Å². The van der Waals surface area contributed by atoms with Crippen LogP contribution >= 0.6 is 0 Å². The second kappa shape index (κ2) is 1.41. The molecule has 0 amide bonds. The first-order valence-corrected chi connectivity index (χ1v) is 2.31. The number of hydrogen-bond acceptors (Lipinski definition) is 1. The van der Waals surface area contributed by atoms with Crippen LogP contribution in [-0.4, -0.2) is 0 Å². The average molecular weight is 96.1 g/mol. The first-order valence-electron chi connectivity index (χ1n) is 2.31. The molecule has 0 spiro atoms. The Hall–Kier alpha value is -0.720. The summed E-state index contributed by atoms with van der Waals surface area (Å²) in [5, 5.41) is 0. The number of allylic oxidation sites excluding steroid dienone is 2. The lowest BCUT2D eigenvalue weighted by Crippen LogP contribution is -1.73. The fourth-order valence-electron chi connectivity index (χ4n) is 0.569. The van der Waals surface area contributed by atoms with Gasteiger partial charge in [-0.05, 0) is 13.0 Å². The summed E-state index contributed by atoms with van der Waals surface area (Å²) in [6.45, 7) is 5.56. The van der Waals surface area contributed by atoms with E-state index >= 15 is 0 Å². The third-order valence-corrected chi connectivity index (χ3v) is 0.923. The molecule has 0 aliphatic carbocycles. The topological polar surface area (TPSA) is 9.23 Å². The second-order valence-electron chi connectivity index (χ2n) is 1.66. The van der Waals surface area contributed by atoms with Crippen LogP contribution in [0.4, 0.5) is 0 Å². The van der Waals surface area contributed by atoms with Gasteiger partial charge in [-0.1, -0.05) is 6.58 Å². The van der Waals surface area contributed by atoms with E-state index in [-0.39, 0.29) is 0 Å². The van der Waals surface area contributed by atoms with Crippen molar-refractivity contribution >= 4 is 0 Å². The van der Waals surface area contributed by atoms with Crippen LogP contribution < -0.4 is 0 Å². The zero-order valence-electron chi connectivity index (χ0n) is 4.40. The molecule has 0 atom stereocenters. The minimum absolute atomic E-state index is 0.859. The third-order valence-electron chi connectivity index (χ3n) is 0.923. The van der Waals surface area contributed by atoms with Gasteiger partial charge in [0, 0.05) is 6.42 Å². The fourth-order valence-corrected chi connectivity index (χ4v) is 0.569. The molecule has 0 aromatic heterocycles. The molecule has 1 nitrogen and oxygen atoms in total. The van der Waals surface area contributed by atoms with Gasteiger partial charge in [-0.15, -0.1) is 0 Å². The quantitative estimate of drug-likeness (QED) is 0.447. The average Bonchev–Trinajstić information content (AvgIpc) is 1.87. The van der Waals surface area contributed by atoms with Crippen LogP contribution in [0, 0.1) is 0 Å². The van der Waals surface area contributed by atoms with Crippen molar-refractivity contribution in [3.05, 3.63) is 24.2 Å². The molecule has 0 bridgehead atoms. The lowest BCUT2D eigenvalue weighted by molar-refractivity contribution is 0.327. The molecule has 1 aliphatic heterocycles. The Morgan fingerprint density at radius 2 is 2.57 bits per heavy atom. The molecule has 0 aromatic carbocycles. The molecule has 1 heterocycles. The Kier molecular flexibility index (Phi) is 0.895. The van der Waals surface area contributed by atoms with Crippen LogP contribution in [0.1, 0.15) is 13.3 Å². The van der Waals surface area contributed by atoms with Crippen molar-refractivity contribution in [3.8, 4) is 0 Å². The summed E-state index contributed by atoms with van der Waals surface area (Å²) >= 11 is 0. The van der Waals surface area contributed by atoms with Crippen LogP contribution in [0.25, 0.3) is 0 Å². The maximum Gasteiger partial charge on any atom is 0.100 e. The largest absolute Gasteiger partial charge is 0.467 e. The molecule has 0 N–H and O–H groups in total. The molecule has 1 rings (SSSR count). The van der Waals surface area contributed by atoms with Crippen molar-refractivity contribution in [3.63, 3.8) is 0 Å². The molecule has 1 aliphatic rings. The van der Waals surface area contributed by atoms with E-state index in [9.17, 15) is 0 Å². The minimum Gasteiger partial charge on any atom is -0.467 e. The van der Waals surface area contributed by atoms with Crippen LogP contribution in [0.5, 0.6) is 0 Å². The zero-order valence-corrected chi connectivity index (χ0v) is 4.40. The van der Waals surface area contributed by atoms with Gasteiger partial charge < -0.3 is 4.74 Å². The van der Waals surface area contributed by atoms with E-state index in [4.69, 9.17) is 4.74 Å². The third kappa shape index (κ3) is 0.829. The van der Waals surface area contributed by atoms with Gasteiger partial charge in [0.05, 0.1) is 5.76 Å². The highest BCUT2D eigenvalue weighted by Crippen LogP contribution is 2.16. The first-order chi connectivity index (χ1) is 3.29. The molecule has 0 saturated carbocycles. The molecular weight excluding hydrogens is 88.1 g/mol. The smallest absolute Gasteiger partial charge is 0.100 e. The monoisotopic (exact) mass is 96.1 g/mol. The summed E-state index contributed by atoms with van der Waals surface area (Å²) in [7, 11) is 0. The van der Waals surface area contributed by atoms with Gasteiger partial charge >= 0.3 is 0 Å². The van der Waals surface area contributed by atoms with Gasteiger partial charge in [-0.3, -0.25) is 0 Å². The normalized spacial score (nSPS) is 19.0. The molecule has 1 heteroatoms. The summed E-state index contributed by atoms with van der Waals surface area (Å²) < 4.78 is 5.03. The van der Waals surface area contributed by atoms with E-state index in [1.54, 1.807) is 0 Å². The molecule has 0 radical (unpaired) electrons. The Morgan fingerprint density at radius 3 is 2.71 bits per heavy atom. The van der Waals surface area contributed by atoms with E-state index in [1.807, 2.05) is 13.0 Å². The van der Waals surface area contributed by atoms with Crippen molar-refractivity contribution in [2.24, 2.45) is 0 Å². The van der Waals surface area contributed by atoms with Gasteiger partial charge in [0.15, 0.2) is 0 Å². The maximum atomic E-state index is 5.03. The van der Waals surface area contributed by atoms with Crippen LogP contribution in [-0.2, 0) is 4.74 Å². The molecule has 0 unspecified atom stereocenters. The van der Waals surface area contributed by atoms with Crippen LogP contribution in [0.3, 0.4) is 0 Å². The van der Waals surface area contributed by atoms with Gasteiger partial charge in [0.1, 0.15) is 5.76 Å². The van der Waals surface area contributed by atoms with E-state index in [1.165, 1.54) is 0 Å². The predicted molar refractivity (Wildman–Crippen MR) is 28.6 cm³/mol. The molecule has 0 aromatic rings. The summed E-state index contributed by atoms with van der Waals surface area (Å²) in [6.07, 6.45) is 2.91. The zero-order chi connectivity index (χ0) is 5.28. The number of ether oxygens (including phenoxy) is 1. The second-order valence-corrected chi connectivity index (χ2v) is 1.66. The van der Waals surface area contributed by atoms with E-state index < -0.39 is 0 Å². The standard InChI is InChI=1S/C6H8O/c1-5-3-4-6(2)7-5/h4H,1,3H2,2H3. The number of rotatable bonds is 0. The SMILES string of the molecule is C=C1CC=C(C)O1. The molecule has 7 heavy (non-hydrogen) atoms. The summed E-state index contributed by atoms with van der Waals surface area (Å²) in [6, 6.07) is 0. The van der Waals surface area contributed by atoms with Gasteiger partial charge in [-0.25, -0.2) is 0 Å². The maximum absolute atomic E-state index is 5.03. The fraction of sp³-hybridized carbons (Fsp3) is 0.333. The van der Waals surface area contributed by atoms with Crippen LogP contribution in [0.2, 0.25) is 0 Å². The Bertz CT molecular complexity index is 122. The molecule has 0 fully saturated rings. The van der Waals surface area contributed by atoms with Crippen LogP contribution in [0.15, 0.2) is 24.2 Å². The van der Waals surface area contributed by atoms with E-state index in [0.29, 0.717) is 0 Å². The summed E-state index contributed by atoms with van der Waals surface area (Å²) in [5.41, 5.74) is 0. The van der Waals surface area contributed by atoms with Gasteiger partial charge in [0.2, 0.25) is 0 Å². The summed E-state index contributed by atoms with van der Waals surface area (Å²) in [4.78, 5) is 0. The van der Waals surface area contributed by atoms with Crippen molar-refractivity contribution in [1.82, 2.24) is 0 Å². The highest BCUT2D eigenvalue weighted by atomic mass is 16.5. The lowest BCUT2D eigenvalue weighted by Gasteiger charge is -1.93. The Morgan fingerprint density at radius 1 is 1.86 bits per heavy atom. The summed E-state index contributed by atoms with van der Waals surface area (Å²) in [5.74, 6) is 1.84. The number of hydrogen-bond donors (Lipinski definition) is 0. The van der Waals surface area contributed by atoms with E-state index in [2.05, 4.69) is 6.58 Å². The van der Waals surface area contributed by atoms with Gasteiger partial charge in [0.25, 0.3) is 0 Å². The molecular formula is C6H8O. The molecule has 0 saturated heterocycles. The van der Waals surface area contributed by atoms with Gasteiger partial charge in [-0.2, -0.15) is 0 Å². The van der Waals surface area contributed by atoms with E-state index in [0.717, 1.165) is 17.9 Å². The first kappa shape index (κ1) is 4.44. The van der Waals surface area contributed by atoms with Crippen molar-refractivity contribution in [1.29, 1.82) is 0 Å². The Labute approximate surface area is 43.3 Å². The Balaban J connectivity index is 2.58. The van der Waals surface area contributed by atoms with Crippen molar-refractivity contribution < 1.29 is 4.74 Å². The molecule has 38 valence electrons. The highest BCUT2D eigenvalue weighted by Gasteiger charge is 2.01. The highest BCUT2D eigenvalue weighted by molar-refractivity contribution is 5.08.